The second-order valence-electron chi connectivity index (χ2n) is 4.93. The molecule has 0 aliphatic heterocycles. The molecular formula is C18H16Cl3NOS. The van der Waals surface area contributed by atoms with E-state index in [2.05, 4.69) is 5.32 Å². The number of nitrogens with one attached hydrogen (secondary N) is 1. The highest BCUT2D eigenvalue weighted by atomic mass is 35.5. The maximum absolute atomic E-state index is 11.7. The Morgan fingerprint density at radius 1 is 1.04 bits per heavy atom. The number of amides is 1. The van der Waals surface area contributed by atoms with Crippen molar-refractivity contribution in [3.05, 3.63) is 74.7 Å². The van der Waals surface area contributed by atoms with Crippen LogP contribution in [0.25, 0.3) is 6.08 Å². The van der Waals surface area contributed by atoms with Crippen molar-refractivity contribution in [2.75, 3.05) is 12.3 Å². The summed E-state index contributed by atoms with van der Waals surface area (Å²) in [5.41, 5.74) is 1.86. The normalized spacial score (nSPS) is 11.0. The summed E-state index contributed by atoms with van der Waals surface area (Å²) in [6, 6.07) is 12.8. The summed E-state index contributed by atoms with van der Waals surface area (Å²) < 4.78 is 0. The lowest BCUT2D eigenvalue weighted by molar-refractivity contribution is -0.116. The van der Waals surface area contributed by atoms with E-state index in [4.69, 9.17) is 34.8 Å². The lowest BCUT2D eigenvalue weighted by Gasteiger charge is -2.07. The van der Waals surface area contributed by atoms with Gasteiger partial charge >= 0.3 is 0 Å². The van der Waals surface area contributed by atoms with Gasteiger partial charge in [0.25, 0.3) is 0 Å². The molecule has 2 nitrogen and oxygen atoms in total. The molecule has 0 aliphatic carbocycles. The van der Waals surface area contributed by atoms with Crippen LogP contribution in [0.3, 0.4) is 0 Å². The highest BCUT2D eigenvalue weighted by molar-refractivity contribution is 7.98. The van der Waals surface area contributed by atoms with E-state index in [1.165, 1.54) is 6.08 Å². The van der Waals surface area contributed by atoms with E-state index in [1.807, 2.05) is 30.3 Å². The molecule has 2 aromatic carbocycles. The van der Waals surface area contributed by atoms with Crippen LogP contribution >= 0.6 is 46.6 Å². The smallest absolute Gasteiger partial charge is 0.244 e. The van der Waals surface area contributed by atoms with Gasteiger partial charge in [-0.1, -0.05) is 53.0 Å². The molecular weight excluding hydrogens is 385 g/mol. The van der Waals surface area contributed by atoms with Crippen molar-refractivity contribution >= 4 is 58.5 Å². The first-order valence-corrected chi connectivity index (χ1v) is 9.57. The van der Waals surface area contributed by atoms with Crippen LogP contribution in [0.1, 0.15) is 11.1 Å². The van der Waals surface area contributed by atoms with Crippen molar-refractivity contribution < 1.29 is 4.79 Å². The predicted molar refractivity (Wildman–Crippen MR) is 106 cm³/mol. The number of benzene rings is 2. The maximum Gasteiger partial charge on any atom is 0.244 e. The van der Waals surface area contributed by atoms with Gasteiger partial charge in [-0.3, -0.25) is 4.79 Å². The quantitative estimate of drug-likeness (QED) is 0.476. The minimum atomic E-state index is -0.124. The van der Waals surface area contributed by atoms with Gasteiger partial charge in [-0.15, -0.1) is 0 Å². The van der Waals surface area contributed by atoms with Crippen molar-refractivity contribution in [3.8, 4) is 0 Å². The summed E-state index contributed by atoms with van der Waals surface area (Å²) in [5, 5.41) is 4.86. The predicted octanol–water partition coefficient (Wildman–Crippen LogP) is 5.71. The molecule has 0 fully saturated rings. The fourth-order valence-corrected chi connectivity index (χ4v) is 3.62. The molecule has 6 heteroatoms. The number of thioether (sulfide) groups is 1. The third-order valence-electron chi connectivity index (χ3n) is 3.15. The molecule has 0 saturated heterocycles. The monoisotopic (exact) mass is 399 g/mol. The van der Waals surface area contributed by atoms with Gasteiger partial charge in [0.2, 0.25) is 5.91 Å². The standard InChI is InChI=1S/C18H16Cl3NOS/c19-14-7-4-13(5-8-14)6-9-18(23)22-10-11-24-12-15-16(20)2-1-3-17(15)21/h1-9H,10-12H2,(H,22,23)/b9-6+. The van der Waals surface area contributed by atoms with E-state index >= 15 is 0 Å². The summed E-state index contributed by atoms with van der Waals surface area (Å²) in [6.07, 6.45) is 3.27. The highest BCUT2D eigenvalue weighted by Gasteiger charge is 2.05. The minimum absolute atomic E-state index is 0.124. The third kappa shape index (κ3) is 6.40. The Morgan fingerprint density at radius 3 is 2.38 bits per heavy atom. The van der Waals surface area contributed by atoms with Crippen molar-refractivity contribution in [1.29, 1.82) is 0 Å². The molecule has 0 aromatic heterocycles. The molecule has 0 radical (unpaired) electrons. The first kappa shape index (κ1) is 19.2. The van der Waals surface area contributed by atoms with E-state index in [9.17, 15) is 4.79 Å². The van der Waals surface area contributed by atoms with Gasteiger partial charge in [-0.25, -0.2) is 0 Å². The molecule has 2 aromatic rings. The summed E-state index contributed by atoms with van der Waals surface area (Å²) in [6.45, 7) is 0.580. The summed E-state index contributed by atoms with van der Waals surface area (Å²) in [7, 11) is 0. The van der Waals surface area contributed by atoms with Gasteiger partial charge in [0.05, 0.1) is 0 Å². The van der Waals surface area contributed by atoms with Crippen molar-refractivity contribution in [3.63, 3.8) is 0 Å². The minimum Gasteiger partial charge on any atom is -0.352 e. The molecule has 0 spiro atoms. The fraction of sp³-hybridized carbons (Fsp3) is 0.167. The lowest BCUT2D eigenvalue weighted by Crippen LogP contribution is -2.23. The molecule has 24 heavy (non-hydrogen) atoms. The number of rotatable bonds is 7. The average molecular weight is 401 g/mol. The van der Waals surface area contributed by atoms with Crippen molar-refractivity contribution in [2.24, 2.45) is 0 Å². The van der Waals surface area contributed by atoms with Gasteiger partial charge in [-0.05, 0) is 41.5 Å². The van der Waals surface area contributed by atoms with Crippen LogP contribution in [-0.2, 0) is 10.5 Å². The lowest BCUT2D eigenvalue weighted by atomic mass is 10.2. The Morgan fingerprint density at radius 2 is 1.71 bits per heavy atom. The summed E-state index contributed by atoms with van der Waals surface area (Å²) in [4.78, 5) is 11.7. The van der Waals surface area contributed by atoms with Gasteiger partial charge in [-0.2, -0.15) is 11.8 Å². The SMILES string of the molecule is O=C(/C=C/c1ccc(Cl)cc1)NCCSCc1c(Cl)cccc1Cl. The molecule has 0 heterocycles. The number of halogens is 3. The zero-order valence-corrected chi connectivity index (χ0v) is 15.9. The van der Waals surface area contributed by atoms with E-state index in [-0.39, 0.29) is 5.91 Å². The molecule has 0 unspecified atom stereocenters. The van der Waals surface area contributed by atoms with Crippen LogP contribution in [0.2, 0.25) is 15.1 Å². The Labute approximate surface area is 161 Å². The topological polar surface area (TPSA) is 29.1 Å². The number of hydrogen-bond acceptors (Lipinski definition) is 2. The number of hydrogen-bond donors (Lipinski definition) is 1. The van der Waals surface area contributed by atoms with E-state index in [0.29, 0.717) is 21.6 Å². The van der Waals surface area contributed by atoms with Crippen LogP contribution < -0.4 is 5.32 Å². The highest BCUT2D eigenvalue weighted by Crippen LogP contribution is 2.27. The Hall–Kier alpha value is -1.13. The van der Waals surface area contributed by atoms with Crippen molar-refractivity contribution in [2.45, 2.75) is 5.75 Å². The second-order valence-corrected chi connectivity index (χ2v) is 7.28. The van der Waals surface area contributed by atoms with E-state index < -0.39 is 0 Å². The Balaban J connectivity index is 1.68. The number of carbonyl (C=O) groups is 1. The average Bonchev–Trinajstić information content (AvgIpc) is 2.56. The number of carbonyl (C=O) groups excluding carboxylic acids is 1. The van der Waals surface area contributed by atoms with Gasteiger partial charge in [0.15, 0.2) is 0 Å². The first-order valence-electron chi connectivity index (χ1n) is 7.28. The van der Waals surface area contributed by atoms with Gasteiger partial charge < -0.3 is 5.32 Å². The Bertz CT molecular complexity index is 696. The fourth-order valence-electron chi connectivity index (χ4n) is 1.90. The van der Waals surface area contributed by atoms with Gasteiger partial charge in [0, 0.05) is 39.2 Å². The third-order valence-corrected chi connectivity index (χ3v) is 5.10. The molecule has 0 bridgehead atoms. The molecule has 2 rings (SSSR count). The molecule has 0 saturated carbocycles. The second kappa shape index (κ2) is 10.00. The van der Waals surface area contributed by atoms with Crippen LogP contribution in [0.5, 0.6) is 0 Å². The van der Waals surface area contributed by atoms with Crippen molar-refractivity contribution in [1.82, 2.24) is 5.32 Å². The van der Waals surface area contributed by atoms with Crippen LogP contribution in [0.4, 0.5) is 0 Å². The first-order chi connectivity index (χ1) is 11.6. The zero-order valence-electron chi connectivity index (χ0n) is 12.8. The molecule has 0 aliphatic rings. The van der Waals surface area contributed by atoms with Crippen LogP contribution in [-0.4, -0.2) is 18.2 Å². The van der Waals surface area contributed by atoms with E-state index in [0.717, 1.165) is 22.6 Å². The van der Waals surface area contributed by atoms with Crippen LogP contribution in [0, 0.1) is 0 Å². The molecule has 0 atom stereocenters. The Kier molecular flexibility index (Phi) is 8.00. The van der Waals surface area contributed by atoms with Crippen LogP contribution in [0.15, 0.2) is 48.5 Å². The molecule has 1 N–H and O–H groups in total. The molecule has 126 valence electrons. The van der Waals surface area contributed by atoms with Gasteiger partial charge in [0.1, 0.15) is 0 Å². The largest absolute Gasteiger partial charge is 0.352 e. The maximum atomic E-state index is 11.7. The summed E-state index contributed by atoms with van der Waals surface area (Å²) >= 11 is 19.7. The molecule has 1 amide bonds. The van der Waals surface area contributed by atoms with E-state index in [1.54, 1.807) is 30.0 Å². The summed E-state index contributed by atoms with van der Waals surface area (Å²) in [5.74, 6) is 1.37. The zero-order chi connectivity index (χ0) is 17.4.